The van der Waals surface area contributed by atoms with Crippen molar-refractivity contribution >= 4 is 22.6 Å². The van der Waals surface area contributed by atoms with Gasteiger partial charge in [0.05, 0.1) is 5.52 Å². The molecular formula is C13H14N4O. The number of benzene rings is 1. The molecule has 0 saturated carbocycles. The summed E-state index contributed by atoms with van der Waals surface area (Å²) in [6, 6.07) is 5.87. The molecule has 0 spiro atoms. The second kappa shape index (κ2) is 4.25. The minimum Gasteiger partial charge on any atom is -0.383 e. The third kappa shape index (κ3) is 1.88. The number of carbonyl (C=O) groups excluding carboxylic acids is 1. The van der Waals surface area contributed by atoms with Crippen molar-refractivity contribution in [1.29, 1.82) is 0 Å². The number of aromatic nitrogens is 2. The van der Waals surface area contributed by atoms with Gasteiger partial charge in [-0.05, 0) is 24.1 Å². The van der Waals surface area contributed by atoms with Crippen molar-refractivity contribution in [3.05, 3.63) is 30.1 Å². The van der Waals surface area contributed by atoms with E-state index >= 15 is 0 Å². The normalized spacial score (nSPS) is 15.6. The Morgan fingerprint density at radius 2 is 2.22 bits per heavy atom. The monoisotopic (exact) mass is 242 g/mol. The number of likely N-dealkylation sites (tertiary alicyclic amines) is 1. The molecule has 92 valence electrons. The number of anilines is 1. The van der Waals surface area contributed by atoms with Crippen LogP contribution in [0.5, 0.6) is 0 Å². The first kappa shape index (κ1) is 11.0. The Kier molecular flexibility index (Phi) is 2.59. The quantitative estimate of drug-likeness (QED) is 0.862. The van der Waals surface area contributed by atoms with Crippen molar-refractivity contribution in [1.82, 2.24) is 14.9 Å². The zero-order chi connectivity index (χ0) is 12.5. The Morgan fingerprint density at radius 1 is 1.33 bits per heavy atom. The molecule has 1 aromatic carbocycles. The van der Waals surface area contributed by atoms with Gasteiger partial charge in [0, 0.05) is 24.9 Å². The molecular weight excluding hydrogens is 228 g/mol. The highest BCUT2D eigenvalue weighted by molar-refractivity contribution is 5.88. The molecule has 2 heterocycles. The van der Waals surface area contributed by atoms with Gasteiger partial charge in [-0.25, -0.2) is 9.97 Å². The summed E-state index contributed by atoms with van der Waals surface area (Å²) < 4.78 is 0. The van der Waals surface area contributed by atoms with E-state index in [1.165, 1.54) is 6.33 Å². The summed E-state index contributed by atoms with van der Waals surface area (Å²) in [6.07, 6.45) is 3.08. The minimum absolute atomic E-state index is 0.229. The van der Waals surface area contributed by atoms with Gasteiger partial charge < -0.3 is 10.6 Å². The van der Waals surface area contributed by atoms with Crippen molar-refractivity contribution in [2.45, 2.75) is 19.4 Å². The lowest BCUT2D eigenvalue weighted by Crippen LogP contribution is -2.23. The maximum Gasteiger partial charge on any atom is 0.222 e. The van der Waals surface area contributed by atoms with Gasteiger partial charge in [0.25, 0.3) is 0 Å². The van der Waals surface area contributed by atoms with Crippen LogP contribution in [-0.2, 0) is 11.3 Å². The molecule has 0 bridgehead atoms. The number of nitrogens with two attached hydrogens (primary N) is 1. The average molecular weight is 242 g/mol. The lowest BCUT2D eigenvalue weighted by molar-refractivity contribution is -0.128. The van der Waals surface area contributed by atoms with Crippen LogP contribution in [0.3, 0.4) is 0 Å². The van der Waals surface area contributed by atoms with Gasteiger partial charge in [-0.1, -0.05) is 6.07 Å². The molecule has 1 amide bonds. The number of hydrogen-bond acceptors (Lipinski definition) is 4. The topological polar surface area (TPSA) is 72.1 Å². The highest BCUT2D eigenvalue weighted by atomic mass is 16.2. The number of fused-ring (bicyclic) bond motifs is 1. The Balaban J connectivity index is 1.93. The van der Waals surface area contributed by atoms with Gasteiger partial charge in [-0.15, -0.1) is 0 Å². The van der Waals surface area contributed by atoms with Crippen LogP contribution in [0.4, 0.5) is 5.82 Å². The summed E-state index contributed by atoms with van der Waals surface area (Å²) in [4.78, 5) is 21.6. The van der Waals surface area contributed by atoms with Crippen LogP contribution in [0.25, 0.3) is 10.9 Å². The van der Waals surface area contributed by atoms with Crippen molar-refractivity contribution in [2.24, 2.45) is 0 Å². The van der Waals surface area contributed by atoms with E-state index in [1.54, 1.807) is 0 Å². The Bertz CT molecular complexity index is 611. The molecule has 5 heteroatoms. The van der Waals surface area contributed by atoms with E-state index in [2.05, 4.69) is 9.97 Å². The maximum absolute atomic E-state index is 11.6. The zero-order valence-corrected chi connectivity index (χ0v) is 9.97. The van der Waals surface area contributed by atoms with Crippen LogP contribution < -0.4 is 5.73 Å². The first-order valence-electron chi connectivity index (χ1n) is 6.01. The molecule has 0 unspecified atom stereocenters. The van der Waals surface area contributed by atoms with E-state index in [0.717, 1.165) is 29.4 Å². The summed E-state index contributed by atoms with van der Waals surface area (Å²) >= 11 is 0. The Labute approximate surface area is 105 Å². The van der Waals surface area contributed by atoms with Crippen molar-refractivity contribution in [2.75, 3.05) is 12.3 Å². The van der Waals surface area contributed by atoms with Crippen LogP contribution in [0.2, 0.25) is 0 Å². The summed E-state index contributed by atoms with van der Waals surface area (Å²) in [6.45, 7) is 1.49. The van der Waals surface area contributed by atoms with Gasteiger partial charge in [-0.3, -0.25) is 4.79 Å². The SMILES string of the molecule is Nc1ncnc2ccc(CN3CCCC3=O)cc12. The molecule has 3 rings (SSSR count). The lowest BCUT2D eigenvalue weighted by Gasteiger charge is -2.15. The molecule has 0 atom stereocenters. The number of nitrogens with zero attached hydrogens (tertiary/aromatic N) is 3. The summed E-state index contributed by atoms with van der Waals surface area (Å²) in [5.74, 6) is 0.710. The molecule has 2 aromatic rings. The number of nitrogen functional groups attached to an aromatic ring is 1. The lowest BCUT2D eigenvalue weighted by atomic mass is 10.1. The minimum atomic E-state index is 0.229. The molecule has 1 aliphatic heterocycles. The van der Waals surface area contributed by atoms with Gasteiger partial charge in [-0.2, -0.15) is 0 Å². The smallest absolute Gasteiger partial charge is 0.222 e. The third-order valence-electron chi connectivity index (χ3n) is 3.28. The van der Waals surface area contributed by atoms with E-state index < -0.39 is 0 Å². The molecule has 18 heavy (non-hydrogen) atoms. The fraction of sp³-hybridized carbons (Fsp3) is 0.308. The van der Waals surface area contributed by atoms with Gasteiger partial charge >= 0.3 is 0 Å². The van der Waals surface area contributed by atoms with Gasteiger partial charge in [0.1, 0.15) is 12.1 Å². The van der Waals surface area contributed by atoms with E-state index in [0.29, 0.717) is 18.8 Å². The summed E-state index contributed by atoms with van der Waals surface area (Å²) in [5, 5.41) is 0.849. The summed E-state index contributed by atoms with van der Waals surface area (Å²) in [5.41, 5.74) is 7.73. The fourth-order valence-corrected chi connectivity index (χ4v) is 2.31. The van der Waals surface area contributed by atoms with Crippen LogP contribution in [0.15, 0.2) is 24.5 Å². The fourth-order valence-electron chi connectivity index (χ4n) is 2.31. The molecule has 1 aromatic heterocycles. The second-order valence-corrected chi connectivity index (χ2v) is 4.53. The molecule has 1 aliphatic rings. The number of amides is 1. The Morgan fingerprint density at radius 3 is 3.00 bits per heavy atom. The van der Waals surface area contributed by atoms with Crippen LogP contribution in [-0.4, -0.2) is 27.3 Å². The van der Waals surface area contributed by atoms with Crippen molar-refractivity contribution in [3.63, 3.8) is 0 Å². The second-order valence-electron chi connectivity index (χ2n) is 4.53. The molecule has 2 N–H and O–H groups in total. The average Bonchev–Trinajstić information content (AvgIpc) is 2.76. The highest BCUT2D eigenvalue weighted by Crippen LogP contribution is 2.20. The van der Waals surface area contributed by atoms with Gasteiger partial charge in [0.15, 0.2) is 0 Å². The predicted molar refractivity (Wildman–Crippen MR) is 68.6 cm³/mol. The maximum atomic E-state index is 11.6. The molecule has 1 saturated heterocycles. The van der Waals surface area contributed by atoms with E-state index in [9.17, 15) is 4.79 Å². The highest BCUT2D eigenvalue weighted by Gasteiger charge is 2.20. The number of carbonyl (C=O) groups is 1. The molecule has 0 radical (unpaired) electrons. The first-order valence-corrected chi connectivity index (χ1v) is 6.01. The molecule has 0 aliphatic carbocycles. The van der Waals surface area contributed by atoms with Gasteiger partial charge in [0.2, 0.25) is 5.91 Å². The van der Waals surface area contributed by atoms with E-state index in [4.69, 9.17) is 5.73 Å². The van der Waals surface area contributed by atoms with Crippen LogP contribution in [0, 0.1) is 0 Å². The van der Waals surface area contributed by atoms with Crippen LogP contribution >= 0.6 is 0 Å². The van der Waals surface area contributed by atoms with Crippen LogP contribution in [0.1, 0.15) is 18.4 Å². The number of rotatable bonds is 2. The van der Waals surface area contributed by atoms with E-state index in [1.807, 2.05) is 23.1 Å². The van der Waals surface area contributed by atoms with E-state index in [-0.39, 0.29) is 5.91 Å². The standard InChI is InChI=1S/C13H14N4O/c14-13-10-6-9(3-4-11(10)15-8-16-13)7-17-5-1-2-12(17)18/h3-4,6,8H,1-2,5,7H2,(H2,14,15,16). The summed E-state index contributed by atoms with van der Waals surface area (Å²) in [7, 11) is 0. The largest absolute Gasteiger partial charge is 0.383 e. The first-order chi connectivity index (χ1) is 8.74. The number of hydrogen-bond donors (Lipinski definition) is 1. The molecule has 1 fully saturated rings. The Hall–Kier alpha value is -2.17. The third-order valence-corrected chi connectivity index (χ3v) is 3.28. The zero-order valence-electron chi connectivity index (χ0n) is 9.97. The van der Waals surface area contributed by atoms with Crippen molar-refractivity contribution in [3.8, 4) is 0 Å². The molecule has 5 nitrogen and oxygen atoms in total. The van der Waals surface area contributed by atoms with Crippen molar-refractivity contribution < 1.29 is 4.79 Å². The predicted octanol–water partition coefficient (Wildman–Crippen LogP) is 1.33.